The number of nitrogens with one attached hydrogen (secondary N) is 1. The quantitative estimate of drug-likeness (QED) is 0.219. The van der Waals surface area contributed by atoms with Gasteiger partial charge in [-0.2, -0.15) is 0 Å². The summed E-state index contributed by atoms with van der Waals surface area (Å²) in [6.45, 7) is 0.303. The summed E-state index contributed by atoms with van der Waals surface area (Å²) in [6, 6.07) is 10.3. The van der Waals surface area contributed by atoms with Crippen LogP contribution in [0.2, 0.25) is 0 Å². The number of hydrogen-bond acceptors (Lipinski definition) is 5. The Morgan fingerprint density at radius 1 is 1.17 bits per heavy atom. The van der Waals surface area contributed by atoms with Gasteiger partial charge < -0.3 is 15.9 Å². The molecule has 0 fully saturated rings. The first kappa shape index (κ1) is 16.3. The number of aliphatic imine (C=N–C) groups is 1. The third-order valence-electron chi connectivity index (χ3n) is 3.59. The van der Waals surface area contributed by atoms with Crippen LogP contribution in [0.25, 0.3) is 10.8 Å². The van der Waals surface area contributed by atoms with Crippen molar-refractivity contribution in [3.8, 4) is 11.6 Å². The molecule has 122 valence electrons. The second-order valence-electron chi connectivity index (χ2n) is 5.27. The third kappa shape index (κ3) is 3.21. The van der Waals surface area contributed by atoms with Crippen molar-refractivity contribution in [2.24, 2.45) is 4.99 Å². The van der Waals surface area contributed by atoms with E-state index in [0.29, 0.717) is 28.6 Å². The highest BCUT2D eigenvalue weighted by Crippen LogP contribution is 2.24. The van der Waals surface area contributed by atoms with E-state index >= 15 is 0 Å². The van der Waals surface area contributed by atoms with Crippen molar-refractivity contribution < 1.29 is 10.2 Å². The molecule has 0 spiro atoms. The van der Waals surface area contributed by atoms with Crippen molar-refractivity contribution in [2.45, 2.75) is 6.54 Å². The van der Waals surface area contributed by atoms with E-state index in [2.05, 4.69) is 32.6 Å². The van der Waals surface area contributed by atoms with E-state index in [1.54, 1.807) is 24.3 Å². The average molecular weight is 435 g/mol. The largest absolute Gasteiger partial charge is 0.506 e. The molecule has 0 aliphatic carbocycles. The van der Waals surface area contributed by atoms with Gasteiger partial charge >= 0.3 is 0 Å². The number of nitrogen functional groups attached to an aromatic ring is 1. The lowest BCUT2D eigenvalue weighted by atomic mass is 10.1. The summed E-state index contributed by atoms with van der Waals surface area (Å²) in [5.74, 6) is -0.215. The average Bonchev–Trinajstić information content (AvgIpc) is 2.53. The Hall–Kier alpha value is -2.55. The molecular weight excluding hydrogens is 421 g/mol. The van der Waals surface area contributed by atoms with Crippen LogP contribution in [0.15, 0.2) is 46.2 Å². The maximum atomic E-state index is 11.9. The molecule has 0 saturated carbocycles. The van der Waals surface area contributed by atoms with E-state index in [0.717, 1.165) is 9.13 Å². The third-order valence-corrected chi connectivity index (χ3v) is 4.26. The Bertz CT molecular complexity index is 1010. The second kappa shape index (κ2) is 6.52. The van der Waals surface area contributed by atoms with Gasteiger partial charge in [0.25, 0.3) is 5.56 Å². The van der Waals surface area contributed by atoms with Crippen molar-refractivity contribution in [3.63, 3.8) is 0 Å². The molecule has 0 bridgehead atoms. The number of fused-ring (bicyclic) bond motifs is 1. The smallest absolute Gasteiger partial charge is 0.258 e. The number of aromatic nitrogens is 1. The zero-order chi connectivity index (χ0) is 17.3. The molecule has 0 aliphatic heterocycles. The van der Waals surface area contributed by atoms with Gasteiger partial charge in [-0.05, 0) is 58.5 Å². The molecule has 7 heteroatoms. The molecule has 0 radical (unpaired) electrons. The number of H-pyrrole nitrogens is 1. The zero-order valence-corrected chi connectivity index (χ0v) is 14.6. The Balaban J connectivity index is 1.98. The normalized spacial score (nSPS) is 11.4. The molecule has 1 aromatic heterocycles. The first-order valence-corrected chi connectivity index (χ1v) is 8.15. The fourth-order valence-corrected chi connectivity index (χ4v) is 2.86. The minimum absolute atomic E-state index is 0.00888. The number of nitrogens with zero attached hydrogens (tertiary/aromatic N) is 1. The van der Waals surface area contributed by atoms with Crippen LogP contribution in [0.1, 0.15) is 11.1 Å². The van der Waals surface area contributed by atoms with Crippen LogP contribution in [0.4, 0.5) is 5.69 Å². The molecule has 3 aromatic rings. The standard InChI is InChI=1S/C17H14IN3O3/c18-10-2-3-11-12(6-10)13(17(24)21-16(11)23)8-20-7-9-1-4-14(19)15(22)5-9/h1-6,8,22H,7,19H2,(H2,21,23,24). The lowest BCUT2D eigenvalue weighted by molar-refractivity contribution is 0.452. The van der Waals surface area contributed by atoms with Crippen LogP contribution >= 0.6 is 22.6 Å². The van der Waals surface area contributed by atoms with E-state index in [1.165, 1.54) is 6.21 Å². The maximum absolute atomic E-state index is 11.9. The van der Waals surface area contributed by atoms with Gasteiger partial charge in [0.1, 0.15) is 5.75 Å². The predicted molar refractivity (Wildman–Crippen MR) is 103 cm³/mol. The first-order chi connectivity index (χ1) is 11.5. The van der Waals surface area contributed by atoms with Gasteiger partial charge in [0, 0.05) is 20.6 Å². The second-order valence-corrected chi connectivity index (χ2v) is 6.51. The van der Waals surface area contributed by atoms with Crippen molar-refractivity contribution in [2.75, 3.05) is 5.73 Å². The minimum Gasteiger partial charge on any atom is -0.506 e. The molecule has 6 nitrogen and oxygen atoms in total. The number of anilines is 1. The highest BCUT2D eigenvalue weighted by molar-refractivity contribution is 14.1. The van der Waals surface area contributed by atoms with Crippen molar-refractivity contribution >= 4 is 45.3 Å². The van der Waals surface area contributed by atoms with Crippen molar-refractivity contribution in [3.05, 3.63) is 61.4 Å². The van der Waals surface area contributed by atoms with Crippen LogP contribution in [0, 0.1) is 3.57 Å². The zero-order valence-electron chi connectivity index (χ0n) is 12.5. The number of aromatic hydroxyl groups is 2. The summed E-state index contributed by atoms with van der Waals surface area (Å²) in [5, 5.41) is 20.8. The molecule has 5 N–H and O–H groups in total. The lowest BCUT2D eigenvalue weighted by Gasteiger charge is -2.05. The van der Waals surface area contributed by atoms with Crippen LogP contribution in [0.3, 0.4) is 0 Å². The van der Waals surface area contributed by atoms with E-state index in [1.807, 2.05) is 12.1 Å². The summed E-state index contributed by atoms with van der Waals surface area (Å²) >= 11 is 2.14. The molecule has 0 saturated heterocycles. The van der Waals surface area contributed by atoms with Crippen molar-refractivity contribution in [1.29, 1.82) is 0 Å². The number of phenols is 1. The summed E-state index contributed by atoms with van der Waals surface area (Å²) < 4.78 is 0.947. The fraction of sp³-hybridized carbons (Fsp3) is 0.0588. The number of aromatic amines is 1. The number of phenolic OH excluding ortho intramolecular Hbond substituents is 1. The number of hydrogen-bond donors (Lipinski definition) is 4. The van der Waals surface area contributed by atoms with Gasteiger partial charge in [0.2, 0.25) is 5.88 Å². The van der Waals surface area contributed by atoms with Crippen LogP contribution in [-0.2, 0) is 6.54 Å². The van der Waals surface area contributed by atoms with Gasteiger partial charge in [-0.25, -0.2) is 0 Å². The number of rotatable bonds is 3. The Kier molecular flexibility index (Phi) is 4.43. The molecule has 0 unspecified atom stereocenters. The molecule has 24 heavy (non-hydrogen) atoms. The SMILES string of the molecule is Nc1ccc(CN=Cc2c(O)[nH]c(=O)c3ccc(I)cc23)cc1O. The van der Waals surface area contributed by atoms with E-state index in [9.17, 15) is 15.0 Å². The number of nitrogens with two attached hydrogens (primary N) is 1. The summed E-state index contributed by atoms with van der Waals surface area (Å²) in [4.78, 5) is 18.6. The van der Waals surface area contributed by atoms with Gasteiger partial charge in [-0.1, -0.05) is 6.07 Å². The molecule has 0 amide bonds. The van der Waals surface area contributed by atoms with E-state index < -0.39 is 0 Å². The minimum atomic E-state index is -0.348. The number of halogens is 1. The van der Waals surface area contributed by atoms with E-state index in [4.69, 9.17) is 5.73 Å². The summed E-state index contributed by atoms with van der Waals surface area (Å²) in [7, 11) is 0. The first-order valence-electron chi connectivity index (χ1n) is 7.07. The maximum Gasteiger partial charge on any atom is 0.258 e. The van der Waals surface area contributed by atoms with E-state index in [-0.39, 0.29) is 17.2 Å². The predicted octanol–water partition coefficient (Wildman–Crippen LogP) is 2.75. The molecule has 1 heterocycles. The van der Waals surface area contributed by atoms with Crippen LogP contribution in [0.5, 0.6) is 11.6 Å². The lowest BCUT2D eigenvalue weighted by Crippen LogP contribution is -2.08. The fourth-order valence-electron chi connectivity index (χ4n) is 2.37. The molecular formula is C17H14IN3O3. The topological polar surface area (TPSA) is 112 Å². The van der Waals surface area contributed by atoms with Gasteiger partial charge in [0.15, 0.2) is 0 Å². The monoisotopic (exact) mass is 435 g/mol. The highest BCUT2D eigenvalue weighted by atomic mass is 127. The summed E-state index contributed by atoms with van der Waals surface area (Å²) in [5.41, 5.74) is 6.75. The van der Waals surface area contributed by atoms with Gasteiger partial charge in [-0.15, -0.1) is 0 Å². The van der Waals surface area contributed by atoms with Crippen LogP contribution in [-0.4, -0.2) is 21.4 Å². The Labute approximate surface area is 150 Å². The van der Waals surface area contributed by atoms with Gasteiger partial charge in [-0.3, -0.25) is 14.8 Å². The van der Waals surface area contributed by atoms with Gasteiger partial charge in [0.05, 0.1) is 17.8 Å². The Morgan fingerprint density at radius 3 is 2.71 bits per heavy atom. The summed E-state index contributed by atoms with van der Waals surface area (Å²) in [6.07, 6.45) is 1.51. The number of pyridine rings is 1. The molecule has 2 aromatic carbocycles. The van der Waals surface area contributed by atoms with Crippen molar-refractivity contribution in [1.82, 2.24) is 4.98 Å². The molecule has 3 rings (SSSR count). The molecule has 0 atom stereocenters. The Morgan fingerprint density at radius 2 is 1.96 bits per heavy atom. The highest BCUT2D eigenvalue weighted by Gasteiger charge is 2.09. The number of benzene rings is 2. The molecule has 0 aliphatic rings. The van der Waals surface area contributed by atoms with Crippen LogP contribution < -0.4 is 11.3 Å².